The number of aliphatic imine (C=N–C) groups is 1. The van der Waals surface area contributed by atoms with Crippen LogP contribution in [0, 0.1) is 18.8 Å². The molecule has 0 aliphatic heterocycles. The van der Waals surface area contributed by atoms with Crippen molar-refractivity contribution in [3.05, 3.63) is 34.9 Å². The van der Waals surface area contributed by atoms with Crippen molar-refractivity contribution in [1.29, 1.82) is 0 Å². The Hall–Kier alpha value is -1.09. The summed E-state index contributed by atoms with van der Waals surface area (Å²) in [6.07, 6.45) is 11.2. The first-order valence-electron chi connectivity index (χ1n) is 11.9. The third-order valence-electron chi connectivity index (χ3n) is 6.26. The van der Waals surface area contributed by atoms with E-state index in [9.17, 15) is 0 Å². The van der Waals surface area contributed by atoms with E-state index in [1.165, 1.54) is 35.4 Å². The molecule has 0 saturated carbocycles. The van der Waals surface area contributed by atoms with Crippen LogP contribution in [0.1, 0.15) is 57.2 Å². The molecular formula is C26H45ClN4P+. The van der Waals surface area contributed by atoms with Crippen LogP contribution in [0.25, 0.3) is 0 Å². The lowest BCUT2D eigenvalue weighted by atomic mass is 9.87. The summed E-state index contributed by atoms with van der Waals surface area (Å²) in [4.78, 5) is 8.88. The zero-order valence-electron chi connectivity index (χ0n) is 21.4. The Morgan fingerprint density at radius 2 is 2.09 bits per heavy atom. The van der Waals surface area contributed by atoms with Crippen LogP contribution in [0.15, 0.2) is 28.6 Å². The average Bonchev–Trinajstić information content (AvgIpc) is 2.77. The molecule has 0 radical (unpaired) electrons. The fourth-order valence-corrected chi connectivity index (χ4v) is 6.82. The van der Waals surface area contributed by atoms with Gasteiger partial charge in [0.2, 0.25) is 0 Å². The predicted molar refractivity (Wildman–Crippen MR) is 146 cm³/mol. The van der Waals surface area contributed by atoms with Gasteiger partial charge in [-0.1, -0.05) is 39.8 Å². The van der Waals surface area contributed by atoms with Gasteiger partial charge in [0.05, 0.1) is 0 Å². The van der Waals surface area contributed by atoms with Crippen LogP contribution < -0.4 is 10.6 Å². The maximum atomic E-state index is 6.46. The SMILES string of the molecule is C=[N+](C)CCCCc1cnc(C)cc1P(C)C(=CC(Cl)=NC)C(C)C(CC)CCCNC. The van der Waals surface area contributed by atoms with E-state index in [0.29, 0.717) is 17.0 Å². The molecule has 32 heavy (non-hydrogen) atoms. The Morgan fingerprint density at radius 3 is 2.69 bits per heavy atom. The van der Waals surface area contributed by atoms with Gasteiger partial charge in [-0.3, -0.25) is 9.98 Å². The highest BCUT2D eigenvalue weighted by Crippen LogP contribution is 2.48. The monoisotopic (exact) mass is 479 g/mol. The second-order valence-electron chi connectivity index (χ2n) is 8.87. The second-order valence-corrected chi connectivity index (χ2v) is 11.4. The molecule has 1 aromatic rings. The lowest BCUT2D eigenvalue weighted by Gasteiger charge is -2.30. The van der Waals surface area contributed by atoms with E-state index in [4.69, 9.17) is 11.6 Å². The standard InChI is InChI=1S/C26H45ClN4P/c1-9-22(14-12-15-28-4)21(3)24(18-26(27)29-5)32(8)25-17-20(2)30-19-23(25)13-10-11-16-31(6)7/h17-19,21-22,28H,6,9-16H2,1-5,7-8H3/q+1. The number of allylic oxidation sites excluding steroid dienone is 2. The van der Waals surface area contributed by atoms with Crippen molar-refractivity contribution in [1.82, 2.24) is 10.3 Å². The zero-order chi connectivity index (χ0) is 24.1. The summed E-state index contributed by atoms with van der Waals surface area (Å²) < 4.78 is 2.01. The molecule has 1 aromatic heterocycles. The summed E-state index contributed by atoms with van der Waals surface area (Å²) in [5, 5.41) is 6.76. The topological polar surface area (TPSA) is 40.3 Å². The summed E-state index contributed by atoms with van der Waals surface area (Å²) >= 11 is 6.46. The van der Waals surface area contributed by atoms with E-state index < -0.39 is 7.92 Å². The number of unbranched alkanes of at least 4 members (excludes halogenated alkanes) is 1. The number of nitrogens with zero attached hydrogens (tertiary/aromatic N) is 3. The van der Waals surface area contributed by atoms with Gasteiger partial charge in [-0.05, 0) is 93.0 Å². The van der Waals surface area contributed by atoms with Gasteiger partial charge in [-0.15, -0.1) is 0 Å². The highest BCUT2D eigenvalue weighted by Gasteiger charge is 2.25. The van der Waals surface area contributed by atoms with Crippen molar-refractivity contribution in [2.75, 3.05) is 40.9 Å². The first-order valence-corrected chi connectivity index (χ1v) is 14.1. The summed E-state index contributed by atoms with van der Waals surface area (Å²) in [6, 6.07) is 2.30. The van der Waals surface area contributed by atoms with Crippen molar-refractivity contribution in [3.8, 4) is 0 Å². The number of nitrogens with one attached hydrogen (secondary N) is 1. The van der Waals surface area contributed by atoms with Crippen LogP contribution in [-0.4, -0.2) is 62.3 Å². The van der Waals surface area contributed by atoms with E-state index in [2.05, 4.69) is 67.8 Å². The number of hydrogen-bond acceptors (Lipinski definition) is 3. The van der Waals surface area contributed by atoms with E-state index in [1.54, 1.807) is 7.05 Å². The van der Waals surface area contributed by atoms with Crippen molar-refractivity contribution >= 4 is 36.7 Å². The van der Waals surface area contributed by atoms with Gasteiger partial charge in [-0.2, -0.15) is 0 Å². The van der Waals surface area contributed by atoms with Crippen molar-refractivity contribution in [2.24, 2.45) is 16.8 Å². The summed E-state index contributed by atoms with van der Waals surface area (Å²) in [6.45, 7) is 15.2. The van der Waals surface area contributed by atoms with Crippen LogP contribution in [-0.2, 0) is 6.42 Å². The Morgan fingerprint density at radius 1 is 1.38 bits per heavy atom. The number of halogens is 1. The maximum Gasteiger partial charge on any atom is 0.142 e. The van der Waals surface area contributed by atoms with E-state index in [1.807, 2.05) is 18.7 Å². The van der Waals surface area contributed by atoms with E-state index in [0.717, 1.165) is 38.0 Å². The first-order chi connectivity index (χ1) is 15.2. The second kappa shape index (κ2) is 15.7. The first kappa shape index (κ1) is 28.9. The van der Waals surface area contributed by atoms with Crippen LogP contribution in [0.5, 0.6) is 0 Å². The lowest BCUT2D eigenvalue weighted by molar-refractivity contribution is -0.488. The third kappa shape index (κ3) is 9.81. The maximum absolute atomic E-state index is 6.46. The highest BCUT2D eigenvalue weighted by molar-refractivity contribution is 7.69. The number of aromatic nitrogens is 1. The molecule has 3 unspecified atom stereocenters. The Labute approximate surface area is 203 Å². The minimum Gasteiger partial charge on any atom is -0.320 e. The van der Waals surface area contributed by atoms with Gasteiger partial charge in [-0.25, -0.2) is 4.58 Å². The highest BCUT2D eigenvalue weighted by atomic mass is 35.5. The van der Waals surface area contributed by atoms with Gasteiger partial charge in [0, 0.05) is 25.4 Å². The normalized spacial score (nSPS) is 15.5. The molecule has 0 aliphatic rings. The van der Waals surface area contributed by atoms with Crippen molar-refractivity contribution < 1.29 is 4.58 Å². The Kier molecular flexibility index (Phi) is 14.2. The third-order valence-corrected chi connectivity index (χ3v) is 8.99. The molecule has 0 spiro atoms. The van der Waals surface area contributed by atoms with Crippen LogP contribution in [0.4, 0.5) is 0 Å². The van der Waals surface area contributed by atoms with Gasteiger partial charge in [0.25, 0.3) is 0 Å². The zero-order valence-corrected chi connectivity index (χ0v) is 23.1. The number of aryl methyl sites for hydroxylation is 2. The average molecular weight is 480 g/mol. The number of hydrogen-bond donors (Lipinski definition) is 1. The van der Waals surface area contributed by atoms with Crippen molar-refractivity contribution in [3.63, 3.8) is 0 Å². The lowest BCUT2D eigenvalue weighted by Crippen LogP contribution is -2.20. The van der Waals surface area contributed by atoms with Gasteiger partial charge < -0.3 is 5.32 Å². The molecule has 180 valence electrons. The molecular weight excluding hydrogens is 435 g/mol. The van der Waals surface area contributed by atoms with Gasteiger partial charge in [0.1, 0.15) is 25.5 Å². The minimum atomic E-state index is -0.526. The fourth-order valence-electron chi connectivity index (χ4n) is 4.23. The van der Waals surface area contributed by atoms with Crippen LogP contribution in [0.2, 0.25) is 0 Å². The molecule has 0 aliphatic carbocycles. The summed E-state index contributed by atoms with van der Waals surface area (Å²) in [7, 11) is 5.30. The summed E-state index contributed by atoms with van der Waals surface area (Å²) in [5.74, 6) is 1.10. The quantitative estimate of drug-likeness (QED) is 0.154. The van der Waals surface area contributed by atoms with E-state index in [-0.39, 0.29) is 0 Å². The Balaban J connectivity index is 3.24. The molecule has 0 aromatic carbocycles. The molecule has 1 N–H and O–H groups in total. The number of rotatable bonds is 15. The summed E-state index contributed by atoms with van der Waals surface area (Å²) in [5.41, 5.74) is 2.46. The molecule has 6 heteroatoms. The molecule has 1 heterocycles. The van der Waals surface area contributed by atoms with Crippen LogP contribution >= 0.6 is 19.5 Å². The van der Waals surface area contributed by atoms with Gasteiger partial charge >= 0.3 is 0 Å². The number of pyridine rings is 1. The predicted octanol–water partition coefficient (Wildman–Crippen LogP) is 5.61. The molecule has 4 nitrogen and oxygen atoms in total. The molecule has 3 atom stereocenters. The van der Waals surface area contributed by atoms with Crippen molar-refractivity contribution in [2.45, 2.75) is 59.3 Å². The minimum absolute atomic E-state index is 0.463. The fraction of sp³-hybridized carbons (Fsp3) is 0.654. The molecule has 0 fully saturated rings. The van der Waals surface area contributed by atoms with E-state index >= 15 is 0 Å². The van der Waals surface area contributed by atoms with Gasteiger partial charge in [0.15, 0.2) is 0 Å². The smallest absolute Gasteiger partial charge is 0.142 e. The van der Waals surface area contributed by atoms with Crippen LogP contribution in [0.3, 0.4) is 0 Å². The molecule has 1 rings (SSSR count). The largest absolute Gasteiger partial charge is 0.320 e. The Bertz CT molecular complexity index is 775. The molecule has 0 saturated heterocycles. The molecule has 0 amide bonds. The molecule has 0 bridgehead atoms.